The summed E-state index contributed by atoms with van der Waals surface area (Å²) in [5.41, 5.74) is 0.0526. The predicted molar refractivity (Wildman–Crippen MR) is 72.9 cm³/mol. The Labute approximate surface area is 119 Å². The van der Waals surface area contributed by atoms with Crippen LogP contribution in [0.5, 0.6) is 0 Å². The van der Waals surface area contributed by atoms with Gasteiger partial charge in [-0.15, -0.1) is 0 Å². The maximum atomic E-state index is 13.6. The summed E-state index contributed by atoms with van der Waals surface area (Å²) in [6, 6.07) is 6.59. The van der Waals surface area contributed by atoms with E-state index in [0.29, 0.717) is 4.47 Å². The van der Waals surface area contributed by atoms with Crippen molar-refractivity contribution in [2.24, 2.45) is 5.92 Å². The van der Waals surface area contributed by atoms with Gasteiger partial charge in [-0.05, 0) is 43.9 Å². The second-order valence-electron chi connectivity index (χ2n) is 4.78. The van der Waals surface area contributed by atoms with Crippen LogP contribution in [0, 0.1) is 23.1 Å². The molecule has 0 spiro atoms. The number of nitrogens with one attached hydrogen (secondary N) is 1. The quantitative estimate of drug-likeness (QED) is 0.906. The van der Waals surface area contributed by atoms with E-state index in [1.54, 1.807) is 6.07 Å². The molecule has 0 saturated heterocycles. The Morgan fingerprint density at radius 1 is 1.37 bits per heavy atom. The van der Waals surface area contributed by atoms with Gasteiger partial charge in [-0.3, -0.25) is 4.79 Å². The summed E-state index contributed by atoms with van der Waals surface area (Å²) in [5, 5.41) is 11.7. The third kappa shape index (κ3) is 3.54. The van der Waals surface area contributed by atoms with Gasteiger partial charge >= 0.3 is 0 Å². The van der Waals surface area contributed by atoms with Crippen molar-refractivity contribution in [3.63, 3.8) is 0 Å². The summed E-state index contributed by atoms with van der Waals surface area (Å²) in [6.45, 7) is 0. The number of amides is 1. The summed E-state index contributed by atoms with van der Waals surface area (Å²) < 4.78 is 14.2. The molecule has 0 atom stereocenters. The van der Waals surface area contributed by atoms with Gasteiger partial charge in [-0.2, -0.15) is 5.26 Å². The highest BCUT2D eigenvalue weighted by Gasteiger charge is 2.23. The third-order valence-electron chi connectivity index (χ3n) is 3.42. The molecule has 1 aromatic carbocycles. The summed E-state index contributed by atoms with van der Waals surface area (Å²) in [7, 11) is 0. The summed E-state index contributed by atoms with van der Waals surface area (Å²) in [5.74, 6) is -0.818. The number of carbonyl (C=O) groups is 1. The van der Waals surface area contributed by atoms with E-state index in [1.165, 1.54) is 12.1 Å². The SMILES string of the molecule is N#CC1CCC(NC(=O)c2cc(Br)ccc2F)CC1. The first-order chi connectivity index (χ1) is 9.10. The molecule has 1 aliphatic carbocycles. The molecule has 1 N–H and O–H groups in total. The van der Waals surface area contributed by atoms with Crippen LogP contribution in [0.1, 0.15) is 36.0 Å². The molecule has 19 heavy (non-hydrogen) atoms. The highest BCUT2D eigenvalue weighted by Crippen LogP contribution is 2.24. The average molecular weight is 325 g/mol. The lowest BCUT2D eigenvalue weighted by Gasteiger charge is -2.25. The van der Waals surface area contributed by atoms with E-state index in [1.807, 2.05) is 0 Å². The molecular weight excluding hydrogens is 311 g/mol. The van der Waals surface area contributed by atoms with Crippen molar-refractivity contribution in [2.45, 2.75) is 31.7 Å². The molecule has 0 aliphatic heterocycles. The second-order valence-corrected chi connectivity index (χ2v) is 5.69. The van der Waals surface area contributed by atoms with E-state index in [-0.39, 0.29) is 23.4 Å². The molecule has 1 aliphatic rings. The van der Waals surface area contributed by atoms with Gasteiger partial charge in [-0.25, -0.2) is 4.39 Å². The van der Waals surface area contributed by atoms with Crippen LogP contribution in [-0.2, 0) is 0 Å². The van der Waals surface area contributed by atoms with E-state index in [9.17, 15) is 9.18 Å². The van der Waals surface area contributed by atoms with Crippen LogP contribution >= 0.6 is 15.9 Å². The van der Waals surface area contributed by atoms with E-state index in [2.05, 4.69) is 27.3 Å². The van der Waals surface area contributed by atoms with Crippen molar-refractivity contribution in [1.82, 2.24) is 5.32 Å². The number of hydrogen-bond donors (Lipinski definition) is 1. The molecule has 0 unspecified atom stereocenters. The number of halogens is 2. The number of benzene rings is 1. The Balaban J connectivity index is 1.98. The van der Waals surface area contributed by atoms with Crippen LogP contribution < -0.4 is 5.32 Å². The Kier molecular flexibility index (Phi) is 4.54. The maximum Gasteiger partial charge on any atom is 0.254 e. The first-order valence-corrected chi connectivity index (χ1v) is 7.05. The highest BCUT2D eigenvalue weighted by atomic mass is 79.9. The zero-order chi connectivity index (χ0) is 13.8. The molecule has 0 radical (unpaired) electrons. The van der Waals surface area contributed by atoms with Crippen molar-refractivity contribution in [3.8, 4) is 6.07 Å². The lowest BCUT2D eigenvalue weighted by Crippen LogP contribution is -2.37. The maximum absolute atomic E-state index is 13.6. The van der Waals surface area contributed by atoms with Crippen molar-refractivity contribution in [1.29, 1.82) is 5.26 Å². The highest BCUT2D eigenvalue weighted by molar-refractivity contribution is 9.10. The van der Waals surface area contributed by atoms with Gasteiger partial charge in [0.15, 0.2) is 0 Å². The van der Waals surface area contributed by atoms with Crippen LogP contribution in [0.3, 0.4) is 0 Å². The van der Waals surface area contributed by atoms with Crippen molar-refractivity contribution in [3.05, 3.63) is 34.1 Å². The molecule has 0 heterocycles. The second kappa shape index (κ2) is 6.16. The summed E-state index contributed by atoms with van der Waals surface area (Å²) in [6.07, 6.45) is 3.14. The smallest absolute Gasteiger partial charge is 0.254 e. The predicted octanol–water partition coefficient (Wildman–Crippen LogP) is 3.40. The number of hydrogen-bond acceptors (Lipinski definition) is 2. The van der Waals surface area contributed by atoms with Crippen molar-refractivity contribution < 1.29 is 9.18 Å². The van der Waals surface area contributed by atoms with Gasteiger partial charge in [0.25, 0.3) is 5.91 Å². The number of rotatable bonds is 2. The Bertz CT molecular complexity index is 519. The summed E-state index contributed by atoms with van der Waals surface area (Å²) >= 11 is 3.22. The van der Waals surface area contributed by atoms with E-state index in [4.69, 9.17) is 5.26 Å². The van der Waals surface area contributed by atoms with Gasteiger partial charge in [0.1, 0.15) is 5.82 Å². The molecule has 1 aromatic rings. The molecule has 2 rings (SSSR count). The number of nitrogens with zero attached hydrogens (tertiary/aromatic N) is 1. The largest absolute Gasteiger partial charge is 0.349 e. The van der Waals surface area contributed by atoms with Gasteiger partial charge < -0.3 is 5.32 Å². The fourth-order valence-electron chi connectivity index (χ4n) is 2.30. The Morgan fingerprint density at radius 3 is 2.68 bits per heavy atom. The monoisotopic (exact) mass is 324 g/mol. The normalized spacial score (nSPS) is 22.6. The summed E-state index contributed by atoms with van der Waals surface area (Å²) in [4.78, 5) is 12.0. The average Bonchev–Trinajstić information content (AvgIpc) is 2.42. The Morgan fingerprint density at radius 2 is 2.05 bits per heavy atom. The third-order valence-corrected chi connectivity index (χ3v) is 3.91. The fourth-order valence-corrected chi connectivity index (χ4v) is 2.66. The first-order valence-electron chi connectivity index (χ1n) is 6.25. The Hall–Kier alpha value is -1.41. The molecule has 1 fully saturated rings. The zero-order valence-electron chi connectivity index (χ0n) is 10.3. The van der Waals surface area contributed by atoms with Gasteiger partial charge in [0.05, 0.1) is 11.6 Å². The van der Waals surface area contributed by atoms with Crippen LogP contribution in [0.15, 0.2) is 22.7 Å². The van der Waals surface area contributed by atoms with Gasteiger partial charge in [0.2, 0.25) is 0 Å². The minimum Gasteiger partial charge on any atom is -0.349 e. The van der Waals surface area contributed by atoms with E-state index < -0.39 is 5.82 Å². The molecule has 100 valence electrons. The number of carbonyl (C=O) groups excluding carboxylic acids is 1. The molecule has 0 aromatic heterocycles. The van der Waals surface area contributed by atoms with Crippen molar-refractivity contribution >= 4 is 21.8 Å². The molecule has 3 nitrogen and oxygen atoms in total. The molecule has 1 amide bonds. The van der Waals surface area contributed by atoms with Crippen LogP contribution in [0.4, 0.5) is 4.39 Å². The van der Waals surface area contributed by atoms with Crippen molar-refractivity contribution in [2.75, 3.05) is 0 Å². The first kappa shape index (κ1) is 14.0. The van der Waals surface area contributed by atoms with E-state index >= 15 is 0 Å². The van der Waals surface area contributed by atoms with Gasteiger partial charge in [0, 0.05) is 16.4 Å². The zero-order valence-corrected chi connectivity index (χ0v) is 11.9. The standard InChI is InChI=1S/C14H14BrFN2O/c15-10-3-6-13(16)12(7-10)14(19)18-11-4-1-9(8-17)2-5-11/h3,6-7,9,11H,1-2,4-5H2,(H,18,19). The lowest BCUT2D eigenvalue weighted by molar-refractivity contribution is 0.0920. The van der Waals surface area contributed by atoms with E-state index in [0.717, 1.165) is 25.7 Å². The minimum absolute atomic E-state index is 0.0375. The topological polar surface area (TPSA) is 52.9 Å². The fraction of sp³-hybridized carbons (Fsp3) is 0.429. The molecule has 1 saturated carbocycles. The minimum atomic E-state index is -0.522. The van der Waals surface area contributed by atoms with Crippen LogP contribution in [0.25, 0.3) is 0 Å². The number of nitriles is 1. The van der Waals surface area contributed by atoms with Gasteiger partial charge in [-0.1, -0.05) is 15.9 Å². The van der Waals surface area contributed by atoms with Crippen LogP contribution in [0.2, 0.25) is 0 Å². The lowest BCUT2D eigenvalue weighted by atomic mass is 9.87. The molecular formula is C14H14BrFN2O. The molecule has 0 bridgehead atoms. The molecule has 5 heteroatoms. The van der Waals surface area contributed by atoms with Crippen LogP contribution in [-0.4, -0.2) is 11.9 Å².